The molecule has 1 aromatic rings. The van der Waals surface area contributed by atoms with Crippen molar-refractivity contribution in [3.8, 4) is 5.75 Å². The summed E-state index contributed by atoms with van der Waals surface area (Å²) in [7, 11) is 0. The molecule has 0 radical (unpaired) electrons. The molecule has 0 aliphatic carbocycles. The third-order valence-electron chi connectivity index (χ3n) is 4.09. The number of nitrogens with one attached hydrogen (secondary N) is 1. The molecule has 1 aromatic carbocycles. The van der Waals surface area contributed by atoms with Gasteiger partial charge in [-0.2, -0.15) is 0 Å². The van der Waals surface area contributed by atoms with Gasteiger partial charge in [0.1, 0.15) is 5.75 Å². The Hall–Kier alpha value is -1.10. The number of benzene rings is 1. The highest BCUT2D eigenvalue weighted by Crippen LogP contribution is 2.37. The van der Waals surface area contributed by atoms with Gasteiger partial charge in [0.2, 0.25) is 0 Å². The van der Waals surface area contributed by atoms with E-state index in [2.05, 4.69) is 28.4 Å². The molecule has 2 fully saturated rings. The molecule has 2 heterocycles. The second-order valence-electron chi connectivity index (χ2n) is 5.22. The lowest BCUT2D eigenvalue weighted by atomic mass is 9.85. The Bertz CT molecular complexity index is 426. The Labute approximate surface area is 114 Å². The van der Waals surface area contributed by atoms with Crippen LogP contribution in [0.5, 0.6) is 5.75 Å². The quantitative estimate of drug-likeness (QED) is 0.884. The molecule has 4 heteroatoms. The van der Waals surface area contributed by atoms with Crippen molar-refractivity contribution in [1.29, 1.82) is 0 Å². The Morgan fingerprint density at radius 2 is 2.11 bits per heavy atom. The van der Waals surface area contributed by atoms with Gasteiger partial charge in [-0.05, 0) is 24.6 Å². The van der Waals surface area contributed by atoms with Gasteiger partial charge < -0.3 is 14.8 Å². The van der Waals surface area contributed by atoms with Gasteiger partial charge in [-0.1, -0.05) is 12.1 Å². The first-order valence-corrected chi connectivity index (χ1v) is 7.12. The molecule has 19 heavy (non-hydrogen) atoms. The van der Waals surface area contributed by atoms with E-state index < -0.39 is 0 Å². The molecule has 0 unspecified atom stereocenters. The highest BCUT2D eigenvalue weighted by atomic mass is 16.5. The predicted molar refractivity (Wildman–Crippen MR) is 74.6 cm³/mol. The molecule has 4 nitrogen and oxygen atoms in total. The van der Waals surface area contributed by atoms with Crippen LogP contribution in [-0.2, 0) is 10.3 Å². The van der Waals surface area contributed by atoms with Gasteiger partial charge in [0, 0.05) is 26.2 Å². The molecule has 2 aliphatic rings. The normalized spacial score (nSPS) is 22.8. The number of hydrogen-bond donors (Lipinski definition) is 1. The monoisotopic (exact) mass is 262 g/mol. The van der Waals surface area contributed by atoms with Gasteiger partial charge in [-0.3, -0.25) is 4.90 Å². The summed E-state index contributed by atoms with van der Waals surface area (Å²) in [6.07, 6.45) is 0. The molecule has 1 N–H and O–H groups in total. The number of piperazine rings is 1. The maximum atomic E-state index is 5.63. The Balaban J connectivity index is 1.86. The summed E-state index contributed by atoms with van der Waals surface area (Å²) >= 11 is 0. The van der Waals surface area contributed by atoms with Crippen LogP contribution in [0, 0.1) is 0 Å². The number of nitrogens with zero attached hydrogens (tertiary/aromatic N) is 1. The van der Waals surface area contributed by atoms with E-state index in [4.69, 9.17) is 9.47 Å². The highest BCUT2D eigenvalue weighted by Gasteiger charge is 2.45. The summed E-state index contributed by atoms with van der Waals surface area (Å²) in [5, 5.41) is 3.41. The molecule has 0 spiro atoms. The van der Waals surface area contributed by atoms with Crippen LogP contribution in [0.4, 0.5) is 0 Å². The summed E-state index contributed by atoms with van der Waals surface area (Å²) in [5.74, 6) is 0.960. The van der Waals surface area contributed by atoms with Crippen LogP contribution in [0.25, 0.3) is 0 Å². The summed E-state index contributed by atoms with van der Waals surface area (Å²) in [6.45, 7) is 8.61. The molecule has 104 valence electrons. The second kappa shape index (κ2) is 5.49. The zero-order valence-corrected chi connectivity index (χ0v) is 11.5. The van der Waals surface area contributed by atoms with Crippen molar-refractivity contribution in [2.24, 2.45) is 0 Å². The van der Waals surface area contributed by atoms with Crippen LogP contribution in [0.15, 0.2) is 24.3 Å². The summed E-state index contributed by atoms with van der Waals surface area (Å²) in [6, 6.07) is 8.49. The van der Waals surface area contributed by atoms with Gasteiger partial charge in [0.15, 0.2) is 0 Å². The fraction of sp³-hybridized carbons (Fsp3) is 0.600. The Morgan fingerprint density at radius 1 is 1.32 bits per heavy atom. The fourth-order valence-corrected chi connectivity index (χ4v) is 2.96. The first-order valence-electron chi connectivity index (χ1n) is 7.12. The molecule has 0 amide bonds. The maximum absolute atomic E-state index is 5.63. The van der Waals surface area contributed by atoms with E-state index in [1.54, 1.807) is 0 Å². The SMILES string of the molecule is CCOc1cccc(C2(N3CCNCC3)COC2)c1. The topological polar surface area (TPSA) is 33.7 Å². The van der Waals surface area contributed by atoms with Crippen molar-refractivity contribution < 1.29 is 9.47 Å². The molecule has 0 saturated carbocycles. The highest BCUT2D eigenvalue weighted by molar-refractivity contribution is 5.35. The lowest BCUT2D eigenvalue weighted by Crippen LogP contribution is -2.63. The third kappa shape index (κ3) is 2.36. The number of hydrogen-bond acceptors (Lipinski definition) is 4. The second-order valence-corrected chi connectivity index (χ2v) is 5.22. The van der Waals surface area contributed by atoms with Gasteiger partial charge in [0.25, 0.3) is 0 Å². The van der Waals surface area contributed by atoms with E-state index in [-0.39, 0.29) is 5.54 Å². The van der Waals surface area contributed by atoms with Gasteiger partial charge in [0.05, 0.1) is 25.4 Å². The van der Waals surface area contributed by atoms with E-state index in [1.165, 1.54) is 5.56 Å². The summed E-state index contributed by atoms with van der Waals surface area (Å²) in [5.41, 5.74) is 1.39. The Morgan fingerprint density at radius 3 is 2.74 bits per heavy atom. The number of ether oxygens (including phenoxy) is 2. The smallest absolute Gasteiger partial charge is 0.119 e. The summed E-state index contributed by atoms with van der Waals surface area (Å²) in [4.78, 5) is 2.55. The average Bonchev–Trinajstić information content (AvgIpc) is 2.40. The first kappa shape index (κ1) is 12.9. The van der Waals surface area contributed by atoms with Crippen molar-refractivity contribution in [2.45, 2.75) is 12.5 Å². The van der Waals surface area contributed by atoms with Crippen molar-refractivity contribution in [3.05, 3.63) is 29.8 Å². The van der Waals surface area contributed by atoms with Crippen LogP contribution in [0.3, 0.4) is 0 Å². The van der Waals surface area contributed by atoms with Crippen LogP contribution in [-0.4, -0.2) is 50.9 Å². The molecular formula is C15H22N2O2. The third-order valence-corrected chi connectivity index (χ3v) is 4.09. The molecule has 3 rings (SSSR count). The minimum atomic E-state index is 0.0647. The van der Waals surface area contributed by atoms with Crippen LogP contribution in [0.1, 0.15) is 12.5 Å². The zero-order chi connectivity index (χ0) is 13.1. The molecule has 2 saturated heterocycles. The van der Waals surface area contributed by atoms with Crippen molar-refractivity contribution in [1.82, 2.24) is 10.2 Å². The first-order chi connectivity index (χ1) is 9.35. The van der Waals surface area contributed by atoms with Crippen LogP contribution < -0.4 is 10.1 Å². The van der Waals surface area contributed by atoms with E-state index in [0.29, 0.717) is 6.61 Å². The van der Waals surface area contributed by atoms with E-state index in [1.807, 2.05) is 13.0 Å². The van der Waals surface area contributed by atoms with Crippen molar-refractivity contribution >= 4 is 0 Å². The lowest BCUT2D eigenvalue weighted by Gasteiger charge is -2.51. The molecule has 0 aromatic heterocycles. The lowest BCUT2D eigenvalue weighted by molar-refractivity contribution is -0.149. The van der Waals surface area contributed by atoms with E-state index in [0.717, 1.165) is 45.1 Å². The van der Waals surface area contributed by atoms with Crippen LogP contribution >= 0.6 is 0 Å². The van der Waals surface area contributed by atoms with E-state index in [9.17, 15) is 0 Å². The fourth-order valence-electron chi connectivity index (χ4n) is 2.96. The van der Waals surface area contributed by atoms with Gasteiger partial charge >= 0.3 is 0 Å². The molecular weight excluding hydrogens is 240 g/mol. The minimum Gasteiger partial charge on any atom is -0.494 e. The predicted octanol–water partition coefficient (Wildman–Crippen LogP) is 1.22. The van der Waals surface area contributed by atoms with Crippen molar-refractivity contribution in [2.75, 3.05) is 46.0 Å². The zero-order valence-electron chi connectivity index (χ0n) is 11.5. The van der Waals surface area contributed by atoms with Gasteiger partial charge in [-0.15, -0.1) is 0 Å². The minimum absolute atomic E-state index is 0.0647. The van der Waals surface area contributed by atoms with Crippen molar-refractivity contribution in [3.63, 3.8) is 0 Å². The summed E-state index contributed by atoms with van der Waals surface area (Å²) < 4.78 is 11.2. The maximum Gasteiger partial charge on any atom is 0.119 e. The van der Waals surface area contributed by atoms with Crippen LogP contribution in [0.2, 0.25) is 0 Å². The standard InChI is InChI=1S/C15H22N2O2/c1-2-19-14-5-3-4-13(10-14)15(11-18-12-15)17-8-6-16-7-9-17/h3-5,10,16H,2,6-9,11-12H2,1H3. The average molecular weight is 262 g/mol. The Kier molecular flexibility index (Phi) is 3.73. The molecule has 0 atom stereocenters. The van der Waals surface area contributed by atoms with Gasteiger partial charge in [-0.25, -0.2) is 0 Å². The van der Waals surface area contributed by atoms with E-state index >= 15 is 0 Å². The largest absolute Gasteiger partial charge is 0.494 e. The molecule has 2 aliphatic heterocycles. The number of rotatable bonds is 4. The molecule has 0 bridgehead atoms.